The molecular formula is C48H35N. The molecule has 0 bridgehead atoms. The summed E-state index contributed by atoms with van der Waals surface area (Å²) in [4.78, 5) is 2.35. The van der Waals surface area contributed by atoms with Crippen LogP contribution >= 0.6 is 0 Å². The predicted molar refractivity (Wildman–Crippen MR) is 204 cm³/mol. The molecule has 2 aliphatic rings. The van der Waals surface area contributed by atoms with Gasteiger partial charge in [-0.25, -0.2) is 0 Å². The Balaban J connectivity index is 1.34. The van der Waals surface area contributed by atoms with E-state index in [2.05, 4.69) is 207 Å². The quantitative estimate of drug-likeness (QED) is 0.176. The second kappa shape index (κ2) is 11.3. The molecule has 2 aliphatic carbocycles. The normalized spacial score (nSPS) is 16.0. The summed E-state index contributed by atoms with van der Waals surface area (Å²) in [5, 5.41) is 0. The van der Waals surface area contributed by atoms with Crippen molar-refractivity contribution in [3.8, 4) is 34.1 Å². The Kier molecular flexibility index (Phi) is 6.68. The second-order valence-corrected chi connectivity index (χ2v) is 13.6. The molecule has 0 radical (unpaired) electrons. The molecule has 0 saturated heterocycles. The van der Waals surface area contributed by atoms with Crippen LogP contribution in [0.1, 0.15) is 47.2 Å². The van der Waals surface area contributed by atoms with E-state index in [1.165, 1.54) is 50.1 Å². The van der Waals surface area contributed by atoms with Crippen molar-refractivity contribution in [2.75, 3.05) is 4.90 Å². The maximum atomic E-state index is 3.96. The van der Waals surface area contributed by atoms with Crippen molar-refractivity contribution < 1.29 is 0 Å². The first-order valence-electron chi connectivity index (χ1n) is 17.0. The molecule has 49 heavy (non-hydrogen) atoms. The molecule has 0 amide bonds. The summed E-state index contributed by atoms with van der Waals surface area (Å²) >= 11 is 0. The molecule has 0 aromatic heterocycles. The number of rotatable bonds is 4. The topological polar surface area (TPSA) is 3.24 Å². The number of nitrogens with zero attached hydrogens (tertiary/aromatic N) is 1. The van der Waals surface area contributed by atoms with Gasteiger partial charge in [0.15, 0.2) is 0 Å². The monoisotopic (exact) mass is 625 g/mol. The second-order valence-electron chi connectivity index (χ2n) is 13.6. The summed E-state index contributed by atoms with van der Waals surface area (Å²) in [6, 6.07) is 63.5. The summed E-state index contributed by atoms with van der Waals surface area (Å²) in [5.41, 5.74) is 15.0. The zero-order valence-corrected chi connectivity index (χ0v) is 27.7. The molecule has 9 rings (SSSR count). The number of anilines is 3. The van der Waals surface area contributed by atoms with E-state index in [0.29, 0.717) is 0 Å². The zero-order chi connectivity index (χ0) is 33.0. The minimum atomic E-state index is -0.698. The summed E-state index contributed by atoms with van der Waals surface area (Å²) in [6.45, 7) is 4.71. The van der Waals surface area contributed by atoms with E-state index < -0.39 is 5.41 Å². The number of benzene rings is 7. The standard InChI is InChI=1S/C48H35N/c1-47(2)43-24-14-12-22-39(43)41-28-26-35(32-45(41)47)48(31-30-34-16-6-3-7-17-34)44-25-15-13-23-40(44)42-29-27-38(33-46(42)48)49(36-18-8-4-9-19-36)37-20-10-5-11-21-37/h3-29,32-33H,1-2H3. The van der Waals surface area contributed by atoms with Gasteiger partial charge in [-0.1, -0.05) is 153 Å². The van der Waals surface area contributed by atoms with E-state index in [1.54, 1.807) is 0 Å². The van der Waals surface area contributed by atoms with Gasteiger partial charge in [0.25, 0.3) is 0 Å². The van der Waals surface area contributed by atoms with Gasteiger partial charge >= 0.3 is 0 Å². The van der Waals surface area contributed by atoms with Gasteiger partial charge in [0, 0.05) is 28.0 Å². The van der Waals surface area contributed by atoms with Crippen LogP contribution in [-0.4, -0.2) is 0 Å². The maximum Gasteiger partial charge on any atom is 0.108 e. The molecule has 1 heteroatoms. The lowest BCUT2D eigenvalue weighted by Crippen LogP contribution is -2.26. The van der Waals surface area contributed by atoms with E-state index in [1.807, 2.05) is 0 Å². The summed E-state index contributed by atoms with van der Waals surface area (Å²) in [6.07, 6.45) is 0. The van der Waals surface area contributed by atoms with E-state index in [-0.39, 0.29) is 5.41 Å². The SMILES string of the molecule is CC1(C)c2ccccc2-c2ccc(C3(C#Cc4ccccc4)c4ccccc4-c4ccc(N(c5ccccc5)c5ccccc5)cc43)cc21. The molecule has 232 valence electrons. The van der Waals surface area contributed by atoms with Crippen LogP contribution in [0.2, 0.25) is 0 Å². The van der Waals surface area contributed by atoms with Crippen LogP contribution in [0.3, 0.4) is 0 Å². The minimum Gasteiger partial charge on any atom is -0.310 e. The summed E-state index contributed by atoms with van der Waals surface area (Å²) in [7, 11) is 0. The fraction of sp³-hybridized carbons (Fsp3) is 0.0833. The highest BCUT2D eigenvalue weighted by molar-refractivity contribution is 5.90. The van der Waals surface area contributed by atoms with Crippen LogP contribution in [0.25, 0.3) is 22.3 Å². The average molecular weight is 626 g/mol. The van der Waals surface area contributed by atoms with Crippen LogP contribution in [0, 0.1) is 11.8 Å². The van der Waals surface area contributed by atoms with Gasteiger partial charge in [0.05, 0.1) is 0 Å². The fourth-order valence-electron chi connectivity index (χ4n) is 8.15. The number of hydrogen-bond donors (Lipinski definition) is 0. The van der Waals surface area contributed by atoms with Gasteiger partial charge in [-0.15, -0.1) is 0 Å². The van der Waals surface area contributed by atoms with Gasteiger partial charge in [0.2, 0.25) is 0 Å². The first kappa shape index (κ1) is 29.1. The van der Waals surface area contributed by atoms with E-state index in [9.17, 15) is 0 Å². The highest BCUT2D eigenvalue weighted by Gasteiger charge is 2.46. The Hall–Kier alpha value is -6.10. The third-order valence-corrected chi connectivity index (χ3v) is 10.5. The molecule has 0 heterocycles. The molecule has 1 nitrogen and oxygen atoms in total. The van der Waals surface area contributed by atoms with Crippen molar-refractivity contribution in [2.24, 2.45) is 0 Å². The van der Waals surface area contributed by atoms with Gasteiger partial charge in [-0.05, 0) is 98.6 Å². The largest absolute Gasteiger partial charge is 0.310 e. The lowest BCUT2D eigenvalue weighted by molar-refractivity contribution is 0.657. The Morgan fingerprint density at radius 1 is 0.408 bits per heavy atom. The van der Waals surface area contributed by atoms with Gasteiger partial charge in [0.1, 0.15) is 5.41 Å². The van der Waals surface area contributed by atoms with Crippen molar-refractivity contribution >= 4 is 17.1 Å². The molecular weight excluding hydrogens is 591 g/mol. The van der Waals surface area contributed by atoms with Crippen LogP contribution in [-0.2, 0) is 10.8 Å². The lowest BCUT2D eigenvalue weighted by Gasteiger charge is -2.31. The molecule has 0 fully saturated rings. The molecule has 0 saturated carbocycles. The Morgan fingerprint density at radius 2 is 0.918 bits per heavy atom. The number of para-hydroxylation sites is 2. The van der Waals surface area contributed by atoms with Crippen LogP contribution in [0.4, 0.5) is 17.1 Å². The fourth-order valence-corrected chi connectivity index (χ4v) is 8.15. The highest BCUT2D eigenvalue weighted by atomic mass is 15.1. The van der Waals surface area contributed by atoms with Crippen LogP contribution in [0.15, 0.2) is 176 Å². The zero-order valence-electron chi connectivity index (χ0n) is 27.7. The minimum absolute atomic E-state index is 0.129. The highest BCUT2D eigenvalue weighted by Crippen LogP contribution is 2.56. The Labute approximate surface area is 289 Å². The molecule has 0 N–H and O–H groups in total. The molecule has 0 aliphatic heterocycles. The first-order valence-corrected chi connectivity index (χ1v) is 17.0. The molecule has 1 unspecified atom stereocenters. The molecule has 7 aromatic carbocycles. The molecule has 0 spiro atoms. The Bertz CT molecular complexity index is 2370. The summed E-state index contributed by atoms with van der Waals surface area (Å²) in [5.74, 6) is 7.62. The van der Waals surface area contributed by atoms with Gasteiger partial charge in [-0.2, -0.15) is 0 Å². The van der Waals surface area contributed by atoms with Crippen LogP contribution < -0.4 is 4.90 Å². The first-order chi connectivity index (χ1) is 24.1. The van der Waals surface area contributed by atoms with E-state index in [4.69, 9.17) is 0 Å². The lowest BCUT2D eigenvalue weighted by atomic mass is 9.71. The van der Waals surface area contributed by atoms with Crippen molar-refractivity contribution in [1.29, 1.82) is 0 Å². The van der Waals surface area contributed by atoms with E-state index >= 15 is 0 Å². The van der Waals surface area contributed by atoms with E-state index in [0.717, 1.165) is 22.6 Å². The number of fused-ring (bicyclic) bond motifs is 6. The third kappa shape index (κ3) is 4.49. The molecule has 1 atom stereocenters. The average Bonchev–Trinajstić information content (AvgIpc) is 3.57. The number of hydrogen-bond acceptors (Lipinski definition) is 1. The smallest absolute Gasteiger partial charge is 0.108 e. The summed E-state index contributed by atoms with van der Waals surface area (Å²) < 4.78 is 0. The van der Waals surface area contributed by atoms with Crippen molar-refractivity contribution in [1.82, 2.24) is 0 Å². The molecule has 7 aromatic rings. The van der Waals surface area contributed by atoms with Crippen molar-refractivity contribution in [2.45, 2.75) is 24.7 Å². The van der Waals surface area contributed by atoms with Crippen LogP contribution in [0.5, 0.6) is 0 Å². The third-order valence-electron chi connectivity index (χ3n) is 10.5. The van der Waals surface area contributed by atoms with Gasteiger partial charge in [-0.3, -0.25) is 0 Å². The Morgan fingerprint density at radius 3 is 1.59 bits per heavy atom. The van der Waals surface area contributed by atoms with Gasteiger partial charge < -0.3 is 4.90 Å². The van der Waals surface area contributed by atoms with Crippen molar-refractivity contribution in [3.63, 3.8) is 0 Å². The predicted octanol–water partition coefficient (Wildman–Crippen LogP) is 11.8. The van der Waals surface area contributed by atoms with Crippen molar-refractivity contribution in [3.05, 3.63) is 209 Å². The maximum absolute atomic E-state index is 3.96.